The van der Waals surface area contributed by atoms with Crippen LogP contribution >= 0.6 is 0 Å². The Bertz CT molecular complexity index is 582. The third-order valence-corrected chi connectivity index (χ3v) is 2.02. The monoisotopic (exact) mass is 220 g/mol. The maximum absolute atomic E-state index is 11.4. The van der Waals surface area contributed by atoms with Gasteiger partial charge in [-0.3, -0.25) is 20.0 Å². The lowest BCUT2D eigenvalue weighted by Crippen LogP contribution is -2.14. The van der Waals surface area contributed by atoms with Gasteiger partial charge in [-0.1, -0.05) is 0 Å². The van der Waals surface area contributed by atoms with E-state index < -0.39 is 4.92 Å². The SMILES string of the molecule is Cc1cc(=O)n(-c2ccc([N+](=O)[O-])cn2)[nH]1. The van der Waals surface area contributed by atoms with E-state index in [0.717, 1.165) is 6.20 Å². The Morgan fingerprint density at radius 2 is 2.25 bits per heavy atom. The van der Waals surface area contributed by atoms with Crippen molar-refractivity contribution in [2.45, 2.75) is 6.92 Å². The van der Waals surface area contributed by atoms with E-state index in [4.69, 9.17) is 0 Å². The van der Waals surface area contributed by atoms with Gasteiger partial charge in [-0.2, -0.15) is 0 Å². The van der Waals surface area contributed by atoms with Gasteiger partial charge in [-0.25, -0.2) is 9.67 Å². The minimum Gasteiger partial charge on any atom is -0.294 e. The zero-order valence-electron chi connectivity index (χ0n) is 8.38. The summed E-state index contributed by atoms with van der Waals surface area (Å²) in [4.78, 5) is 25.1. The number of rotatable bonds is 2. The lowest BCUT2D eigenvalue weighted by Gasteiger charge is -1.99. The van der Waals surface area contributed by atoms with E-state index in [1.165, 1.54) is 22.9 Å². The van der Waals surface area contributed by atoms with Crippen molar-refractivity contribution in [3.63, 3.8) is 0 Å². The molecular weight excluding hydrogens is 212 g/mol. The molecule has 0 saturated carbocycles. The van der Waals surface area contributed by atoms with Gasteiger partial charge in [0, 0.05) is 17.8 Å². The van der Waals surface area contributed by atoms with Gasteiger partial charge in [-0.15, -0.1) is 0 Å². The Labute approximate surface area is 89.5 Å². The highest BCUT2D eigenvalue weighted by Gasteiger charge is 2.08. The van der Waals surface area contributed by atoms with Crippen LogP contribution < -0.4 is 5.56 Å². The molecule has 0 aliphatic carbocycles. The molecule has 16 heavy (non-hydrogen) atoms. The Balaban J connectivity index is 2.46. The van der Waals surface area contributed by atoms with Gasteiger partial charge in [0.1, 0.15) is 6.20 Å². The number of hydrogen-bond donors (Lipinski definition) is 1. The van der Waals surface area contributed by atoms with E-state index in [0.29, 0.717) is 11.5 Å². The van der Waals surface area contributed by atoms with E-state index in [1.54, 1.807) is 6.92 Å². The summed E-state index contributed by atoms with van der Waals surface area (Å²) in [5, 5.41) is 13.2. The van der Waals surface area contributed by atoms with Crippen molar-refractivity contribution in [1.82, 2.24) is 14.8 Å². The normalized spacial score (nSPS) is 10.3. The number of aromatic amines is 1. The number of hydrogen-bond acceptors (Lipinski definition) is 4. The van der Waals surface area contributed by atoms with Crippen LogP contribution in [0.1, 0.15) is 5.69 Å². The molecule has 0 aliphatic rings. The zero-order valence-corrected chi connectivity index (χ0v) is 8.38. The lowest BCUT2D eigenvalue weighted by atomic mass is 10.4. The molecule has 2 rings (SSSR count). The maximum Gasteiger partial charge on any atom is 0.287 e. The molecule has 2 aromatic heterocycles. The van der Waals surface area contributed by atoms with Crippen molar-refractivity contribution in [2.75, 3.05) is 0 Å². The van der Waals surface area contributed by atoms with E-state index in [1.807, 2.05) is 0 Å². The summed E-state index contributed by atoms with van der Waals surface area (Å²) in [5.74, 6) is 0.323. The molecule has 7 nitrogen and oxygen atoms in total. The Morgan fingerprint density at radius 1 is 1.50 bits per heavy atom. The minimum absolute atomic E-state index is 0.111. The molecule has 2 heterocycles. The van der Waals surface area contributed by atoms with Crippen molar-refractivity contribution >= 4 is 5.69 Å². The van der Waals surface area contributed by atoms with Crippen LogP contribution in [0.3, 0.4) is 0 Å². The van der Waals surface area contributed by atoms with E-state index in [-0.39, 0.29) is 11.2 Å². The van der Waals surface area contributed by atoms with E-state index >= 15 is 0 Å². The fourth-order valence-electron chi connectivity index (χ4n) is 1.30. The fraction of sp³-hybridized carbons (Fsp3) is 0.111. The molecule has 0 radical (unpaired) electrons. The molecule has 0 aromatic carbocycles. The predicted octanol–water partition coefficient (Wildman–Crippen LogP) is 0.777. The van der Waals surface area contributed by atoms with Gasteiger partial charge in [-0.05, 0) is 13.0 Å². The van der Waals surface area contributed by atoms with Gasteiger partial charge < -0.3 is 0 Å². The maximum atomic E-state index is 11.4. The number of pyridine rings is 1. The highest BCUT2D eigenvalue weighted by Crippen LogP contribution is 2.10. The Hall–Kier alpha value is -2.44. The highest BCUT2D eigenvalue weighted by atomic mass is 16.6. The number of aryl methyl sites for hydroxylation is 1. The average Bonchev–Trinajstić information content (AvgIpc) is 2.58. The second-order valence-electron chi connectivity index (χ2n) is 3.24. The molecule has 0 unspecified atom stereocenters. The molecule has 0 fully saturated rings. The molecule has 0 amide bonds. The summed E-state index contributed by atoms with van der Waals surface area (Å²) in [7, 11) is 0. The first-order valence-corrected chi connectivity index (χ1v) is 4.47. The second kappa shape index (κ2) is 3.61. The lowest BCUT2D eigenvalue weighted by molar-refractivity contribution is -0.385. The molecule has 2 aromatic rings. The van der Waals surface area contributed by atoms with Crippen LogP contribution in [0, 0.1) is 17.0 Å². The van der Waals surface area contributed by atoms with Gasteiger partial charge in [0.25, 0.3) is 11.2 Å². The van der Waals surface area contributed by atoms with E-state index in [2.05, 4.69) is 10.1 Å². The minimum atomic E-state index is -0.542. The molecular formula is C9H8N4O3. The van der Waals surface area contributed by atoms with Crippen LogP contribution in [0.25, 0.3) is 5.82 Å². The standard InChI is InChI=1S/C9H8N4O3/c1-6-4-9(14)12(11-6)8-3-2-7(5-10-8)13(15)16/h2-5,11H,1H3. The van der Waals surface area contributed by atoms with Crippen LogP contribution in [0.15, 0.2) is 29.2 Å². The number of aromatic nitrogens is 3. The van der Waals surface area contributed by atoms with Crippen molar-refractivity contribution in [1.29, 1.82) is 0 Å². The number of nitro groups is 1. The molecule has 0 spiro atoms. The third-order valence-electron chi connectivity index (χ3n) is 2.02. The topological polar surface area (TPSA) is 93.8 Å². The van der Waals surface area contributed by atoms with Crippen molar-refractivity contribution < 1.29 is 4.92 Å². The van der Waals surface area contributed by atoms with Crippen LogP contribution in [0.4, 0.5) is 5.69 Å². The van der Waals surface area contributed by atoms with Crippen LogP contribution in [-0.4, -0.2) is 19.7 Å². The molecule has 7 heteroatoms. The largest absolute Gasteiger partial charge is 0.294 e. The first kappa shape index (κ1) is 10.1. The molecule has 1 N–H and O–H groups in total. The first-order chi connectivity index (χ1) is 7.58. The first-order valence-electron chi connectivity index (χ1n) is 4.47. The summed E-state index contributed by atoms with van der Waals surface area (Å²) in [6.45, 7) is 1.74. The zero-order chi connectivity index (χ0) is 11.7. The fourth-order valence-corrected chi connectivity index (χ4v) is 1.30. The Morgan fingerprint density at radius 3 is 2.69 bits per heavy atom. The summed E-state index contributed by atoms with van der Waals surface area (Å²) < 4.78 is 1.22. The number of nitrogens with one attached hydrogen (secondary N) is 1. The average molecular weight is 220 g/mol. The van der Waals surface area contributed by atoms with Gasteiger partial charge in [0.2, 0.25) is 0 Å². The van der Waals surface area contributed by atoms with Crippen molar-refractivity contribution in [3.05, 3.63) is 50.6 Å². The summed E-state index contributed by atoms with van der Waals surface area (Å²) >= 11 is 0. The Kier molecular flexibility index (Phi) is 2.28. The highest BCUT2D eigenvalue weighted by molar-refractivity contribution is 5.32. The number of H-pyrrole nitrogens is 1. The molecule has 0 bridgehead atoms. The molecule has 0 saturated heterocycles. The molecule has 0 atom stereocenters. The van der Waals surface area contributed by atoms with E-state index in [9.17, 15) is 14.9 Å². The summed E-state index contributed by atoms with van der Waals surface area (Å²) in [6.07, 6.45) is 1.11. The molecule has 0 aliphatic heterocycles. The smallest absolute Gasteiger partial charge is 0.287 e. The van der Waals surface area contributed by atoms with Crippen LogP contribution in [0.5, 0.6) is 0 Å². The van der Waals surface area contributed by atoms with Crippen LogP contribution in [-0.2, 0) is 0 Å². The van der Waals surface area contributed by atoms with Crippen molar-refractivity contribution in [3.8, 4) is 5.82 Å². The van der Waals surface area contributed by atoms with Crippen LogP contribution in [0.2, 0.25) is 0 Å². The summed E-state index contributed by atoms with van der Waals surface area (Å²) in [6, 6.07) is 4.13. The molecule has 82 valence electrons. The number of nitrogens with zero attached hydrogens (tertiary/aromatic N) is 3. The summed E-state index contributed by atoms with van der Waals surface area (Å²) in [5.41, 5.74) is 0.337. The van der Waals surface area contributed by atoms with Gasteiger partial charge in [0.15, 0.2) is 5.82 Å². The van der Waals surface area contributed by atoms with Gasteiger partial charge >= 0.3 is 0 Å². The quantitative estimate of drug-likeness (QED) is 0.597. The van der Waals surface area contributed by atoms with Gasteiger partial charge in [0.05, 0.1) is 4.92 Å². The van der Waals surface area contributed by atoms with Crippen molar-refractivity contribution in [2.24, 2.45) is 0 Å². The second-order valence-corrected chi connectivity index (χ2v) is 3.24. The third kappa shape index (κ3) is 1.70. The predicted molar refractivity (Wildman–Crippen MR) is 55.6 cm³/mol.